The molecule has 0 saturated heterocycles. The van der Waals surface area contributed by atoms with Gasteiger partial charge in [-0.3, -0.25) is 9.59 Å². The number of amides is 1. The van der Waals surface area contributed by atoms with Gasteiger partial charge in [0.25, 0.3) is 5.56 Å². The van der Waals surface area contributed by atoms with Crippen molar-refractivity contribution in [2.75, 3.05) is 6.54 Å². The molecule has 3 aromatic rings. The van der Waals surface area contributed by atoms with Gasteiger partial charge in [0.05, 0.1) is 6.42 Å². The third-order valence-electron chi connectivity index (χ3n) is 4.66. The molecule has 2 aromatic heterocycles. The van der Waals surface area contributed by atoms with Crippen molar-refractivity contribution in [2.45, 2.75) is 39.7 Å². The average molecular weight is 379 g/mol. The van der Waals surface area contributed by atoms with Crippen LogP contribution in [0.3, 0.4) is 0 Å². The zero-order chi connectivity index (χ0) is 20.1. The summed E-state index contributed by atoms with van der Waals surface area (Å²) in [6.07, 6.45) is 3.66. The highest BCUT2D eigenvalue weighted by atomic mass is 16.2. The lowest BCUT2D eigenvalue weighted by Crippen LogP contribution is -2.32. The Balaban J connectivity index is 2.08. The number of unbranched alkanes of at least 4 members (excludes halogenated alkanes) is 1. The van der Waals surface area contributed by atoms with Crippen LogP contribution >= 0.6 is 0 Å². The van der Waals surface area contributed by atoms with Gasteiger partial charge in [0.15, 0.2) is 5.82 Å². The summed E-state index contributed by atoms with van der Waals surface area (Å²) in [6.45, 7) is 8.76. The Morgan fingerprint density at radius 3 is 2.71 bits per heavy atom. The molecule has 0 radical (unpaired) electrons. The lowest BCUT2D eigenvalue weighted by Gasteiger charge is -2.14. The normalized spacial score (nSPS) is 10.9. The maximum atomic E-state index is 13.1. The van der Waals surface area contributed by atoms with Crippen molar-refractivity contribution >= 4 is 11.7 Å². The van der Waals surface area contributed by atoms with E-state index in [0.29, 0.717) is 35.9 Å². The zero-order valence-corrected chi connectivity index (χ0v) is 16.3. The van der Waals surface area contributed by atoms with Crippen LogP contribution in [0, 0.1) is 6.92 Å². The van der Waals surface area contributed by atoms with Gasteiger partial charge in [-0.25, -0.2) is 0 Å². The standard InChI is InChI=1S/C21H25N5O2/c1-4-6-12-22-18(27)14-17-15(3)25(13-5-2)21-23-19(24-26(21)20(17)28)16-10-8-7-9-11-16/h5,7-11H,2,4,6,12-14H2,1,3H3,(H,22,27). The van der Waals surface area contributed by atoms with Crippen molar-refractivity contribution < 1.29 is 4.79 Å². The quantitative estimate of drug-likeness (QED) is 0.482. The molecule has 0 unspecified atom stereocenters. The Hall–Kier alpha value is -3.22. The van der Waals surface area contributed by atoms with Gasteiger partial charge >= 0.3 is 0 Å². The molecule has 7 nitrogen and oxygen atoms in total. The fraction of sp³-hybridized carbons (Fsp3) is 0.333. The molecule has 7 heteroatoms. The highest BCUT2D eigenvalue weighted by Crippen LogP contribution is 2.17. The Morgan fingerprint density at radius 1 is 1.29 bits per heavy atom. The Bertz CT molecular complexity index is 1050. The number of fused-ring (bicyclic) bond motifs is 1. The number of carbonyl (C=O) groups excluding carboxylic acids is 1. The fourth-order valence-corrected chi connectivity index (χ4v) is 3.10. The van der Waals surface area contributed by atoms with Gasteiger partial charge in [-0.05, 0) is 13.3 Å². The van der Waals surface area contributed by atoms with E-state index in [1.165, 1.54) is 4.52 Å². The summed E-state index contributed by atoms with van der Waals surface area (Å²) in [6, 6.07) is 9.50. The van der Waals surface area contributed by atoms with Gasteiger partial charge in [-0.15, -0.1) is 11.7 Å². The van der Waals surface area contributed by atoms with Crippen LogP contribution in [-0.2, 0) is 17.8 Å². The summed E-state index contributed by atoms with van der Waals surface area (Å²) in [5.41, 5.74) is 1.64. The first-order chi connectivity index (χ1) is 13.6. The van der Waals surface area contributed by atoms with Crippen LogP contribution < -0.4 is 10.9 Å². The molecule has 2 heterocycles. The number of rotatable bonds is 8. The third kappa shape index (κ3) is 3.88. The van der Waals surface area contributed by atoms with Gasteiger partial charge in [-0.1, -0.05) is 49.8 Å². The number of nitrogens with one attached hydrogen (secondary N) is 1. The number of allylic oxidation sites excluding steroid dienone is 1. The second kappa shape index (κ2) is 8.65. The second-order valence-corrected chi connectivity index (χ2v) is 6.66. The summed E-state index contributed by atoms with van der Waals surface area (Å²) in [5, 5.41) is 7.28. The number of nitrogens with zero attached hydrogens (tertiary/aromatic N) is 4. The van der Waals surface area contributed by atoms with Crippen LogP contribution in [0.5, 0.6) is 0 Å². The van der Waals surface area contributed by atoms with Crippen LogP contribution in [0.15, 0.2) is 47.8 Å². The van der Waals surface area contributed by atoms with Crippen molar-refractivity contribution in [3.8, 4) is 11.4 Å². The monoisotopic (exact) mass is 379 g/mol. The number of aromatic nitrogens is 4. The van der Waals surface area contributed by atoms with E-state index in [2.05, 4.69) is 28.9 Å². The number of carbonyl (C=O) groups is 1. The Labute approximate surface area is 163 Å². The third-order valence-corrected chi connectivity index (χ3v) is 4.66. The summed E-state index contributed by atoms with van der Waals surface area (Å²) in [7, 11) is 0. The Morgan fingerprint density at radius 2 is 2.04 bits per heavy atom. The molecular weight excluding hydrogens is 354 g/mol. The molecule has 0 aliphatic heterocycles. The highest BCUT2D eigenvalue weighted by Gasteiger charge is 2.19. The van der Waals surface area contributed by atoms with Crippen molar-refractivity contribution in [2.24, 2.45) is 0 Å². The maximum Gasteiger partial charge on any atom is 0.279 e. The molecule has 0 atom stereocenters. The van der Waals surface area contributed by atoms with Crippen LogP contribution in [0.4, 0.5) is 0 Å². The van der Waals surface area contributed by atoms with Gasteiger partial charge in [0.1, 0.15) is 0 Å². The van der Waals surface area contributed by atoms with Crippen LogP contribution in [0.2, 0.25) is 0 Å². The topological polar surface area (TPSA) is 81.3 Å². The summed E-state index contributed by atoms with van der Waals surface area (Å²) in [5.74, 6) is 0.748. The predicted octanol–water partition coefficient (Wildman–Crippen LogP) is 2.51. The average Bonchev–Trinajstić information content (AvgIpc) is 3.15. The molecule has 0 aliphatic carbocycles. The second-order valence-electron chi connectivity index (χ2n) is 6.66. The van der Waals surface area contributed by atoms with E-state index in [0.717, 1.165) is 18.4 Å². The molecule has 3 rings (SSSR count). The van der Waals surface area contributed by atoms with E-state index in [4.69, 9.17) is 0 Å². The molecule has 28 heavy (non-hydrogen) atoms. The largest absolute Gasteiger partial charge is 0.356 e. The van der Waals surface area contributed by atoms with Gasteiger partial charge < -0.3 is 9.88 Å². The van der Waals surface area contributed by atoms with Gasteiger partial charge in [0, 0.05) is 29.9 Å². The zero-order valence-electron chi connectivity index (χ0n) is 16.3. The van der Waals surface area contributed by atoms with E-state index < -0.39 is 0 Å². The summed E-state index contributed by atoms with van der Waals surface area (Å²) < 4.78 is 3.15. The summed E-state index contributed by atoms with van der Waals surface area (Å²) >= 11 is 0. The molecule has 1 aromatic carbocycles. The van der Waals surface area contributed by atoms with E-state index in [1.54, 1.807) is 6.08 Å². The lowest BCUT2D eigenvalue weighted by molar-refractivity contribution is -0.120. The molecular formula is C21H25N5O2. The first-order valence-corrected chi connectivity index (χ1v) is 9.48. The molecule has 1 amide bonds. The number of hydrogen-bond donors (Lipinski definition) is 1. The van der Waals surface area contributed by atoms with Crippen LogP contribution in [0.25, 0.3) is 17.2 Å². The molecule has 1 N–H and O–H groups in total. The highest BCUT2D eigenvalue weighted by molar-refractivity contribution is 5.78. The van der Waals surface area contributed by atoms with Crippen molar-refractivity contribution in [3.63, 3.8) is 0 Å². The SMILES string of the molecule is C=CCn1c(C)c(CC(=O)NCCCC)c(=O)n2nc(-c3ccccc3)nc12. The Kier molecular flexibility index (Phi) is 6.03. The van der Waals surface area contributed by atoms with E-state index in [1.807, 2.05) is 41.8 Å². The smallest absolute Gasteiger partial charge is 0.279 e. The minimum absolute atomic E-state index is 0.0159. The van der Waals surface area contributed by atoms with Gasteiger partial charge in [0.2, 0.25) is 11.7 Å². The maximum absolute atomic E-state index is 13.1. The van der Waals surface area contributed by atoms with Crippen molar-refractivity contribution in [3.05, 3.63) is 64.6 Å². The van der Waals surface area contributed by atoms with E-state index in [9.17, 15) is 9.59 Å². The molecule has 0 spiro atoms. The van der Waals surface area contributed by atoms with Crippen molar-refractivity contribution in [1.29, 1.82) is 0 Å². The summed E-state index contributed by atoms with van der Waals surface area (Å²) in [4.78, 5) is 29.9. The van der Waals surface area contributed by atoms with Crippen LogP contribution in [-0.4, -0.2) is 31.6 Å². The lowest BCUT2D eigenvalue weighted by atomic mass is 10.1. The van der Waals surface area contributed by atoms with Gasteiger partial charge in [-0.2, -0.15) is 9.50 Å². The fourth-order valence-electron chi connectivity index (χ4n) is 3.10. The first-order valence-electron chi connectivity index (χ1n) is 9.48. The van der Waals surface area contributed by atoms with E-state index >= 15 is 0 Å². The first kappa shape index (κ1) is 19.5. The molecule has 0 bridgehead atoms. The molecule has 146 valence electrons. The number of hydrogen-bond acceptors (Lipinski definition) is 4. The number of benzene rings is 1. The van der Waals surface area contributed by atoms with Crippen molar-refractivity contribution in [1.82, 2.24) is 24.5 Å². The van der Waals surface area contributed by atoms with E-state index in [-0.39, 0.29) is 17.9 Å². The minimum Gasteiger partial charge on any atom is -0.356 e. The molecule has 0 fully saturated rings. The minimum atomic E-state index is -0.312. The predicted molar refractivity (Wildman–Crippen MR) is 109 cm³/mol. The molecule has 0 saturated carbocycles. The molecule has 0 aliphatic rings. The van der Waals surface area contributed by atoms with Crippen LogP contribution in [0.1, 0.15) is 31.0 Å².